The molecule has 0 aromatic rings. The molecule has 0 heterocycles. The van der Waals surface area contributed by atoms with E-state index in [1.165, 1.54) is 83.5 Å². The Morgan fingerprint density at radius 1 is 0.375 bits per heavy atom. The first-order valence-electron chi connectivity index (χ1n) is 30.7. The van der Waals surface area contributed by atoms with E-state index >= 15 is 0 Å². The molecule has 12 heteroatoms. The van der Waals surface area contributed by atoms with Crippen LogP contribution in [0.15, 0.2) is 146 Å². The fourth-order valence-electron chi connectivity index (χ4n) is 7.69. The van der Waals surface area contributed by atoms with E-state index in [0.717, 1.165) is 77.0 Å². The highest BCUT2D eigenvalue weighted by atomic mass is 31.2. The molecule has 0 rings (SSSR count). The van der Waals surface area contributed by atoms with Gasteiger partial charge in [0.15, 0.2) is 6.10 Å². The molecule has 80 heavy (non-hydrogen) atoms. The van der Waals surface area contributed by atoms with Crippen LogP contribution in [0, 0.1) is 0 Å². The van der Waals surface area contributed by atoms with Gasteiger partial charge in [0.2, 0.25) is 0 Å². The van der Waals surface area contributed by atoms with Crippen LogP contribution >= 0.6 is 7.82 Å². The van der Waals surface area contributed by atoms with Crippen molar-refractivity contribution in [1.82, 2.24) is 0 Å². The van der Waals surface area contributed by atoms with Gasteiger partial charge in [0.1, 0.15) is 12.7 Å². The third-order valence-electron chi connectivity index (χ3n) is 12.3. The Labute approximate surface area is 486 Å². The summed E-state index contributed by atoms with van der Waals surface area (Å²) in [5, 5.41) is 9.81. The number of phosphoric acid groups is 1. The molecule has 452 valence electrons. The summed E-state index contributed by atoms with van der Waals surface area (Å²) in [6, 6.07) is 0. The molecular formula is C68H109O11P. The van der Waals surface area contributed by atoms with Gasteiger partial charge in [-0.1, -0.05) is 244 Å². The Bertz CT molecular complexity index is 1900. The van der Waals surface area contributed by atoms with Crippen LogP contribution in [0.2, 0.25) is 0 Å². The molecule has 0 aromatic heterocycles. The van der Waals surface area contributed by atoms with Crippen molar-refractivity contribution in [2.45, 2.75) is 238 Å². The van der Waals surface area contributed by atoms with Gasteiger partial charge in [-0.3, -0.25) is 23.4 Å². The molecule has 0 aliphatic rings. The molecule has 0 radical (unpaired) electrons. The van der Waals surface area contributed by atoms with Crippen LogP contribution in [-0.4, -0.2) is 66.5 Å². The van der Waals surface area contributed by atoms with Crippen LogP contribution in [0.5, 0.6) is 0 Å². The van der Waals surface area contributed by atoms with Crippen LogP contribution in [0.1, 0.15) is 226 Å². The number of allylic oxidation sites excluding steroid dienone is 23. The SMILES string of the molecule is CC/C=C\C/C=C\C/C=C\C/C=C\C/C=C\C/C=C\CCC(=O)OC(COC(=O)CCCCCCCCCCC/C=C\CCCCCCCC)COP(=O)(O)OCC(CO)OC(=O)C/C=C\C/C=C\C/C=C\C/C=C\C/C=C\CC. The van der Waals surface area contributed by atoms with Gasteiger partial charge >= 0.3 is 25.7 Å². The lowest BCUT2D eigenvalue weighted by molar-refractivity contribution is -0.161. The molecule has 11 nitrogen and oxygen atoms in total. The maximum absolute atomic E-state index is 12.9. The van der Waals surface area contributed by atoms with E-state index in [-0.39, 0.29) is 25.9 Å². The number of rotatable bonds is 55. The average molecular weight is 1130 g/mol. The fraction of sp³-hybridized carbons (Fsp3) is 0.603. The normalized spacial score (nSPS) is 14.3. The van der Waals surface area contributed by atoms with E-state index in [0.29, 0.717) is 25.7 Å². The smallest absolute Gasteiger partial charge is 0.462 e. The third-order valence-corrected chi connectivity index (χ3v) is 13.2. The molecule has 0 aromatic carbocycles. The number of hydrogen-bond acceptors (Lipinski definition) is 10. The van der Waals surface area contributed by atoms with Gasteiger partial charge in [-0.15, -0.1) is 0 Å². The monoisotopic (exact) mass is 1130 g/mol. The lowest BCUT2D eigenvalue weighted by Crippen LogP contribution is -2.30. The number of carbonyl (C=O) groups is 3. The Balaban J connectivity index is 4.91. The molecule has 0 aliphatic carbocycles. The topological polar surface area (TPSA) is 155 Å². The van der Waals surface area contributed by atoms with Crippen molar-refractivity contribution in [2.24, 2.45) is 0 Å². The van der Waals surface area contributed by atoms with Gasteiger partial charge in [-0.25, -0.2) is 4.57 Å². The number of aliphatic hydroxyl groups excluding tert-OH is 1. The summed E-state index contributed by atoms with van der Waals surface area (Å²) in [7, 11) is -4.81. The summed E-state index contributed by atoms with van der Waals surface area (Å²) < 4.78 is 39.4. The maximum atomic E-state index is 12.9. The number of phosphoric ester groups is 1. The molecule has 0 saturated carbocycles. The van der Waals surface area contributed by atoms with Crippen molar-refractivity contribution in [1.29, 1.82) is 0 Å². The second-order valence-corrected chi connectivity index (χ2v) is 21.2. The molecular weight excluding hydrogens is 1020 g/mol. The molecule has 0 bridgehead atoms. The van der Waals surface area contributed by atoms with Crippen LogP contribution in [-0.2, 0) is 42.2 Å². The zero-order valence-electron chi connectivity index (χ0n) is 50.0. The molecule has 2 N–H and O–H groups in total. The fourth-order valence-corrected chi connectivity index (χ4v) is 8.47. The molecule has 3 atom stereocenters. The minimum atomic E-state index is -4.81. The molecule has 0 spiro atoms. The standard InChI is InChI=1S/C68H109O11P/c1-4-7-10-13-16-19-22-25-28-30-32-34-37-39-42-45-48-51-54-57-66(70)75-61-65(79-68(72)59-56-53-50-47-44-41-38-35-33-31-29-26-23-20-17-14-11-8-5-2)63-77-80(73,74)76-62-64(60-69)78-67(71)58-55-52-49-46-43-40-36-27-24-21-18-15-12-9-6-3/h8-9,11-12,17-18,20-21,25-29,33,35-36,41,43-44,46,50,52-53,55,64-65,69H,4-7,10,13-16,19,22-24,30-32,34,37-40,42,45,47-49,51,54,56-63H2,1-3H3,(H,73,74)/b11-8-,12-9-,20-17-,21-18-,28-25-,29-26-,35-33-,36-27-,44-41-,46-43-,53-50-,55-52-. The van der Waals surface area contributed by atoms with E-state index in [9.17, 15) is 28.9 Å². The first kappa shape index (κ1) is 75.4. The summed E-state index contributed by atoms with van der Waals surface area (Å²) in [5.41, 5.74) is 0. The molecule has 0 amide bonds. The first-order valence-corrected chi connectivity index (χ1v) is 32.2. The summed E-state index contributed by atoms with van der Waals surface area (Å²) in [6.07, 6.45) is 78.5. The van der Waals surface area contributed by atoms with E-state index < -0.39 is 57.8 Å². The maximum Gasteiger partial charge on any atom is 0.472 e. The van der Waals surface area contributed by atoms with Gasteiger partial charge in [-0.05, 0) is 109 Å². The van der Waals surface area contributed by atoms with Gasteiger partial charge in [0.05, 0.1) is 26.2 Å². The van der Waals surface area contributed by atoms with E-state index in [1.54, 1.807) is 6.08 Å². The molecule has 0 saturated heterocycles. The highest BCUT2D eigenvalue weighted by molar-refractivity contribution is 7.47. The van der Waals surface area contributed by atoms with Crippen LogP contribution in [0.25, 0.3) is 0 Å². The summed E-state index contributed by atoms with van der Waals surface area (Å²) in [5.74, 6) is -1.72. The number of unbranched alkanes of at least 4 members (excludes halogenated alkanes) is 15. The third kappa shape index (κ3) is 58.0. The number of aliphatic hydroxyl groups is 1. The summed E-state index contributed by atoms with van der Waals surface area (Å²) >= 11 is 0. The lowest BCUT2D eigenvalue weighted by Gasteiger charge is -2.21. The number of hydrogen-bond donors (Lipinski definition) is 2. The van der Waals surface area contributed by atoms with Crippen molar-refractivity contribution in [3.8, 4) is 0 Å². The predicted molar refractivity (Wildman–Crippen MR) is 334 cm³/mol. The highest BCUT2D eigenvalue weighted by Gasteiger charge is 2.28. The number of esters is 3. The molecule has 3 unspecified atom stereocenters. The predicted octanol–water partition coefficient (Wildman–Crippen LogP) is 18.7. The Morgan fingerprint density at radius 3 is 1.15 bits per heavy atom. The first-order chi connectivity index (χ1) is 39.2. The van der Waals surface area contributed by atoms with Crippen molar-refractivity contribution >= 4 is 25.7 Å². The minimum absolute atomic E-state index is 0.0275. The minimum Gasteiger partial charge on any atom is -0.462 e. The van der Waals surface area contributed by atoms with Crippen LogP contribution in [0.4, 0.5) is 0 Å². The van der Waals surface area contributed by atoms with Crippen molar-refractivity contribution < 1.29 is 52.2 Å². The van der Waals surface area contributed by atoms with Gasteiger partial charge in [0.25, 0.3) is 0 Å². The van der Waals surface area contributed by atoms with Crippen LogP contribution in [0.3, 0.4) is 0 Å². The van der Waals surface area contributed by atoms with Crippen LogP contribution < -0.4 is 0 Å². The summed E-state index contributed by atoms with van der Waals surface area (Å²) in [6.45, 7) is 4.21. The second kappa shape index (κ2) is 60.5. The summed E-state index contributed by atoms with van der Waals surface area (Å²) in [4.78, 5) is 48.6. The van der Waals surface area contributed by atoms with E-state index in [1.807, 2.05) is 30.4 Å². The zero-order valence-corrected chi connectivity index (χ0v) is 50.9. The number of ether oxygens (including phenoxy) is 3. The highest BCUT2D eigenvalue weighted by Crippen LogP contribution is 2.43. The van der Waals surface area contributed by atoms with E-state index in [4.69, 9.17) is 23.3 Å². The van der Waals surface area contributed by atoms with Gasteiger partial charge in [-0.2, -0.15) is 0 Å². The van der Waals surface area contributed by atoms with E-state index in [2.05, 4.69) is 130 Å². The van der Waals surface area contributed by atoms with Gasteiger partial charge < -0.3 is 24.2 Å². The molecule has 0 fully saturated rings. The van der Waals surface area contributed by atoms with Crippen molar-refractivity contribution in [3.63, 3.8) is 0 Å². The average Bonchev–Trinajstić information content (AvgIpc) is 3.45. The molecule has 0 aliphatic heterocycles. The Hall–Kier alpha value is -4.64. The van der Waals surface area contributed by atoms with Gasteiger partial charge in [0, 0.05) is 12.8 Å². The zero-order chi connectivity index (χ0) is 58.3. The Morgan fingerprint density at radius 2 is 0.725 bits per heavy atom. The van der Waals surface area contributed by atoms with Crippen molar-refractivity contribution in [2.75, 3.05) is 26.4 Å². The lowest BCUT2D eigenvalue weighted by atomic mass is 10.1. The largest absolute Gasteiger partial charge is 0.472 e. The quantitative estimate of drug-likeness (QED) is 0.0197. The second-order valence-electron chi connectivity index (χ2n) is 19.8. The van der Waals surface area contributed by atoms with Crippen molar-refractivity contribution in [3.05, 3.63) is 146 Å². The Kier molecular flexibility index (Phi) is 56.9. The number of carbonyl (C=O) groups excluding carboxylic acids is 3.